The Morgan fingerprint density at radius 1 is 1.09 bits per heavy atom. The summed E-state index contributed by atoms with van der Waals surface area (Å²) >= 11 is 2.47. The van der Waals surface area contributed by atoms with Gasteiger partial charge >= 0.3 is 5.97 Å². The molecule has 0 spiro atoms. The van der Waals surface area contributed by atoms with Crippen LogP contribution in [0.15, 0.2) is 41.2 Å². The Bertz CT molecular complexity index is 1320. The number of thiophene rings is 1. The van der Waals surface area contributed by atoms with Gasteiger partial charge in [-0.25, -0.2) is 9.18 Å². The lowest BCUT2D eigenvalue weighted by atomic mass is 10.2. The molecule has 0 aliphatic heterocycles. The Hall–Kier alpha value is -3.04. The van der Waals surface area contributed by atoms with Crippen LogP contribution in [0.3, 0.4) is 0 Å². The average Bonchev–Trinajstić information content (AvgIpc) is 3.35. The fraction of sp³-hybridized carbons (Fsp3) is 0.292. The first-order chi connectivity index (χ1) is 15.9. The fourth-order valence-electron chi connectivity index (χ4n) is 3.25. The van der Waals surface area contributed by atoms with Gasteiger partial charge < -0.3 is 9.64 Å². The molecular formula is C24H25FN2O4S2. The van der Waals surface area contributed by atoms with Gasteiger partial charge in [0, 0.05) is 28.4 Å². The number of nitrogens with zero attached hydrogens (tertiary/aromatic N) is 2. The summed E-state index contributed by atoms with van der Waals surface area (Å²) in [6, 6.07) is 10.1. The molecule has 1 aromatic carbocycles. The van der Waals surface area contributed by atoms with Crippen LogP contribution in [0, 0.1) is 5.82 Å². The molecule has 0 saturated heterocycles. The summed E-state index contributed by atoms with van der Waals surface area (Å²) in [7, 11) is 0. The van der Waals surface area contributed by atoms with E-state index in [2.05, 4.69) is 0 Å². The highest BCUT2D eigenvalue weighted by Gasteiger charge is 2.15. The number of likely N-dealkylation sites (N-methyl/N-ethyl adjacent to an activating group) is 1. The third-order valence-electron chi connectivity index (χ3n) is 4.91. The smallest absolute Gasteiger partial charge is 0.333 e. The molecule has 0 N–H and O–H groups in total. The van der Waals surface area contributed by atoms with Crippen molar-refractivity contribution in [1.82, 2.24) is 9.47 Å². The normalized spacial score (nSPS) is 12.2. The summed E-state index contributed by atoms with van der Waals surface area (Å²) in [4.78, 5) is 41.0. The molecule has 2 aromatic heterocycles. The van der Waals surface area contributed by atoms with Crippen LogP contribution in [0.25, 0.3) is 22.6 Å². The van der Waals surface area contributed by atoms with E-state index < -0.39 is 5.97 Å². The molecule has 0 radical (unpaired) electrons. The van der Waals surface area contributed by atoms with Crippen molar-refractivity contribution in [3.63, 3.8) is 0 Å². The van der Waals surface area contributed by atoms with Crippen LogP contribution >= 0.6 is 22.7 Å². The van der Waals surface area contributed by atoms with Crippen molar-refractivity contribution in [2.75, 3.05) is 19.7 Å². The van der Waals surface area contributed by atoms with Crippen LogP contribution in [0.4, 0.5) is 4.39 Å². The maximum Gasteiger partial charge on any atom is 0.333 e. The van der Waals surface area contributed by atoms with E-state index in [0.29, 0.717) is 27.8 Å². The molecule has 0 fully saturated rings. The maximum absolute atomic E-state index is 14.1. The Labute approximate surface area is 198 Å². The number of ether oxygens (including phenoxy) is 1. The van der Waals surface area contributed by atoms with Gasteiger partial charge in [-0.3, -0.25) is 14.2 Å². The molecule has 0 aliphatic rings. The zero-order valence-corrected chi connectivity index (χ0v) is 20.3. The Balaban J connectivity index is 2.06. The van der Waals surface area contributed by atoms with Gasteiger partial charge in [0.1, 0.15) is 17.0 Å². The molecule has 0 aliphatic carbocycles. The molecule has 2 heterocycles. The second kappa shape index (κ2) is 11.2. The van der Waals surface area contributed by atoms with Crippen LogP contribution in [0.2, 0.25) is 0 Å². The van der Waals surface area contributed by atoms with Gasteiger partial charge in [-0.05, 0) is 45.0 Å². The molecule has 9 heteroatoms. The van der Waals surface area contributed by atoms with E-state index in [9.17, 15) is 18.8 Å². The van der Waals surface area contributed by atoms with E-state index >= 15 is 0 Å². The molecule has 33 heavy (non-hydrogen) atoms. The monoisotopic (exact) mass is 488 g/mol. The first-order valence-corrected chi connectivity index (χ1v) is 12.2. The number of hydrogen-bond donors (Lipinski definition) is 0. The van der Waals surface area contributed by atoms with E-state index in [-0.39, 0.29) is 30.4 Å². The number of halogens is 1. The van der Waals surface area contributed by atoms with Gasteiger partial charge in [0.05, 0.1) is 17.2 Å². The predicted molar refractivity (Wildman–Crippen MR) is 130 cm³/mol. The molecule has 6 nitrogen and oxygen atoms in total. The molecule has 0 saturated carbocycles. The summed E-state index contributed by atoms with van der Waals surface area (Å²) in [5.74, 6) is -1.10. The van der Waals surface area contributed by atoms with E-state index in [1.165, 1.54) is 28.0 Å². The number of rotatable bonds is 8. The minimum Gasteiger partial charge on any atom is -0.463 e. The van der Waals surface area contributed by atoms with Gasteiger partial charge in [-0.2, -0.15) is 0 Å². The zero-order chi connectivity index (χ0) is 24.0. The number of benzene rings is 1. The molecule has 0 bridgehead atoms. The molecule has 3 rings (SSSR count). The number of amides is 1. The number of aromatic nitrogens is 1. The molecular weight excluding hydrogens is 463 g/mol. The van der Waals surface area contributed by atoms with Gasteiger partial charge in [0.15, 0.2) is 0 Å². The van der Waals surface area contributed by atoms with Gasteiger partial charge in [-0.1, -0.05) is 18.2 Å². The van der Waals surface area contributed by atoms with Crippen molar-refractivity contribution in [1.29, 1.82) is 0 Å². The van der Waals surface area contributed by atoms with E-state index in [1.807, 2.05) is 19.9 Å². The van der Waals surface area contributed by atoms with E-state index in [4.69, 9.17) is 4.74 Å². The first kappa shape index (κ1) is 24.6. The third kappa shape index (κ3) is 5.85. The van der Waals surface area contributed by atoms with Crippen molar-refractivity contribution in [2.45, 2.75) is 27.3 Å². The standard InChI is InChI=1S/C24H25FN2O4S2/c1-4-26(5-2)21(28)15-27-22(14-23(29)31-6-3)33-20(24(27)30)13-16-11-12-19(32-16)17-9-7-8-10-18(17)25/h7-14H,4-6,15H2,1-3H3. The van der Waals surface area contributed by atoms with E-state index in [1.54, 1.807) is 42.2 Å². The largest absolute Gasteiger partial charge is 0.463 e. The molecule has 0 unspecified atom stereocenters. The highest BCUT2D eigenvalue weighted by atomic mass is 32.1. The maximum atomic E-state index is 14.1. The summed E-state index contributed by atoms with van der Waals surface area (Å²) in [6.07, 6.45) is 2.94. The summed E-state index contributed by atoms with van der Waals surface area (Å²) in [6.45, 7) is 6.52. The topological polar surface area (TPSA) is 68.6 Å². The number of esters is 1. The lowest BCUT2D eigenvalue weighted by molar-refractivity contribution is -0.135. The highest BCUT2D eigenvalue weighted by molar-refractivity contribution is 7.16. The Morgan fingerprint density at radius 2 is 1.82 bits per heavy atom. The summed E-state index contributed by atoms with van der Waals surface area (Å²) in [5.41, 5.74) is 0.129. The minimum atomic E-state index is -0.577. The SMILES string of the molecule is CCOC(=O)C=c1sc(=Cc2ccc(-c3ccccc3F)s2)c(=O)n1CC(=O)N(CC)CC. The second-order valence-electron chi connectivity index (χ2n) is 6.98. The summed E-state index contributed by atoms with van der Waals surface area (Å²) < 4.78 is 21.1. The number of hydrogen-bond acceptors (Lipinski definition) is 6. The van der Waals surface area contributed by atoms with Crippen LogP contribution in [-0.2, 0) is 20.9 Å². The predicted octanol–water partition coefficient (Wildman–Crippen LogP) is 2.82. The van der Waals surface area contributed by atoms with Crippen molar-refractivity contribution >= 4 is 46.7 Å². The molecule has 1 amide bonds. The second-order valence-corrected chi connectivity index (χ2v) is 9.16. The number of carbonyl (C=O) groups is 2. The molecule has 0 atom stereocenters. The average molecular weight is 489 g/mol. The Kier molecular flexibility index (Phi) is 8.35. The van der Waals surface area contributed by atoms with Gasteiger partial charge in [0.2, 0.25) is 5.91 Å². The van der Waals surface area contributed by atoms with Crippen molar-refractivity contribution in [3.8, 4) is 10.4 Å². The van der Waals surface area contributed by atoms with Crippen LogP contribution in [0.5, 0.6) is 0 Å². The van der Waals surface area contributed by atoms with Gasteiger partial charge in [0.25, 0.3) is 5.56 Å². The van der Waals surface area contributed by atoms with Crippen molar-refractivity contribution in [2.24, 2.45) is 0 Å². The number of thiazole rings is 1. The zero-order valence-electron chi connectivity index (χ0n) is 18.7. The lowest BCUT2D eigenvalue weighted by Gasteiger charge is -2.18. The van der Waals surface area contributed by atoms with Gasteiger partial charge in [-0.15, -0.1) is 22.7 Å². The minimum absolute atomic E-state index is 0.166. The Morgan fingerprint density at radius 3 is 2.48 bits per heavy atom. The first-order valence-electron chi connectivity index (χ1n) is 10.6. The van der Waals surface area contributed by atoms with Crippen molar-refractivity contribution < 1.29 is 18.7 Å². The number of carbonyl (C=O) groups excluding carboxylic acids is 2. The van der Waals surface area contributed by atoms with Crippen molar-refractivity contribution in [3.05, 3.63) is 66.6 Å². The lowest BCUT2D eigenvalue weighted by Crippen LogP contribution is -2.40. The highest BCUT2D eigenvalue weighted by Crippen LogP contribution is 2.30. The third-order valence-corrected chi connectivity index (χ3v) is 7.04. The van der Waals surface area contributed by atoms with E-state index in [0.717, 1.165) is 21.1 Å². The van der Waals surface area contributed by atoms with Crippen LogP contribution < -0.4 is 14.8 Å². The fourth-order valence-corrected chi connectivity index (χ4v) is 5.33. The molecule has 174 valence electrons. The summed E-state index contributed by atoms with van der Waals surface area (Å²) in [5, 5.41) is 0. The molecule has 3 aromatic rings. The van der Waals surface area contributed by atoms with Crippen LogP contribution in [-0.4, -0.2) is 41.0 Å². The van der Waals surface area contributed by atoms with Crippen LogP contribution in [0.1, 0.15) is 25.6 Å². The quantitative estimate of drug-likeness (QED) is 0.458.